The molecule has 29 heavy (non-hydrogen) atoms. The summed E-state index contributed by atoms with van der Waals surface area (Å²) in [6.07, 6.45) is 3.44. The summed E-state index contributed by atoms with van der Waals surface area (Å²) in [5.74, 6) is 0.765. The van der Waals surface area contributed by atoms with Gasteiger partial charge >= 0.3 is 0 Å². The molecule has 2 aromatic carbocycles. The average Bonchev–Trinajstić information content (AvgIpc) is 3.29. The van der Waals surface area contributed by atoms with E-state index in [9.17, 15) is 9.18 Å². The lowest BCUT2D eigenvalue weighted by molar-refractivity contribution is 0.0914. The third-order valence-corrected chi connectivity index (χ3v) is 4.95. The lowest BCUT2D eigenvalue weighted by Gasteiger charge is -2.18. The molecule has 0 fully saturated rings. The molecule has 6 nitrogen and oxygen atoms in total. The molecular formula is C22H20FN3O3. The number of halogens is 1. The molecule has 4 rings (SSSR count). The highest BCUT2D eigenvalue weighted by Crippen LogP contribution is 2.29. The SMILES string of the molecule is COc1ccc2c(C)c(C(=O)NC(c3ccc(F)cc3)c3nccn3C)oc2c1. The van der Waals surface area contributed by atoms with Gasteiger partial charge in [-0.15, -0.1) is 0 Å². The van der Waals surface area contributed by atoms with Gasteiger partial charge in [0.1, 0.15) is 29.0 Å². The Bertz CT molecular complexity index is 1180. The molecule has 1 atom stereocenters. The van der Waals surface area contributed by atoms with Gasteiger partial charge in [0, 0.05) is 36.5 Å². The summed E-state index contributed by atoms with van der Waals surface area (Å²) in [7, 11) is 3.41. The first-order valence-electron chi connectivity index (χ1n) is 9.08. The van der Waals surface area contributed by atoms with Crippen molar-refractivity contribution >= 4 is 16.9 Å². The van der Waals surface area contributed by atoms with Gasteiger partial charge in [0.2, 0.25) is 0 Å². The van der Waals surface area contributed by atoms with Crippen molar-refractivity contribution in [2.45, 2.75) is 13.0 Å². The van der Waals surface area contributed by atoms with E-state index in [4.69, 9.17) is 9.15 Å². The van der Waals surface area contributed by atoms with Crippen LogP contribution >= 0.6 is 0 Å². The van der Waals surface area contributed by atoms with Crippen molar-refractivity contribution in [2.75, 3.05) is 7.11 Å². The molecule has 7 heteroatoms. The zero-order valence-corrected chi connectivity index (χ0v) is 16.3. The lowest BCUT2D eigenvalue weighted by atomic mass is 10.1. The first-order valence-corrected chi connectivity index (χ1v) is 9.08. The van der Waals surface area contributed by atoms with Gasteiger partial charge in [-0.1, -0.05) is 12.1 Å². The molecule has 1 amide bonds. The van der Waals surface area contributed by atoms with E-state index in [-0.39, 0.29) is 17.5 Å². The third kappa shape index (κ3) is 3.47. The summed E-state index contributed by atoms with van der Waals surface area (Å²) >= 11 is 0. The smallest absolute Gasteiger partial charge is 0.288 e. The number of hydrogen-bond donors (Lipinski definition) is 1. The fourth-order valence-corrected chi connectivity index (χ4v) is 3.35. The van der Waals surface area contributed by atoms with Gasteiger partial charge in [-0.2, -0.15) is 0 Å². The molecular weight excluding hydrogens is 373 g/mol. The van der Waals surface area contributed by atoms with Crippen LogP contribution in [0.3, 0.4) is 0 Å². The van der Waals surface area contributed by atoms with Gasteiger partial charge < -0.3 is 19.0 Å². The van der Waals surface area contributed by atoms with E-state index in [1.54, 1.807) is 37.7 Å². The number of aromatic nitrogens is 2. The lowest BCUT2D eigenvalue weighted by Crippen LogP contribution is -2.31. The van der Waals surface area contributed by atoms with Crippen LogP contribution in [-0.2, 0) is 7.05 Å². The summed E-state index contributed by atoms with van der Waals surface area (Å²) in [6.45, 7) is 1.83. The van der Waals surface area contributed by atoms with Crippen LogP contribution in [0, 0.1) is 12.7 Å². The standard InChI is InChI=1S/C22H20FN3O3/c1-13-17-9-8-16(28-3)12-18(17)29-20(13)22(27)25-19(21-24-10-11-26(21)2)14-4-6-15(23)7-5-14/h4-12,19H,1-3H3,(H,25,27). The predicted octanol–water partition coefficient (Wildman–Crippen LogP) is 4.14. The minimum Gasteiger partial charge on any atom is -0.497 e. The number of benzene rings is 2. The average molecular weight is 393 g/mol. The molecule has 0 saturated heterocycles. The molecule has 0 aliphatic rings. The van der Waals surface area contributed by atoms with Crippen LogP contribution in [-0.4, -0.2) is 22.6 Å². The van der Waals surface area contributed by atoms with Crippen LogP contribution in [0.15, 0.2) is 59.3 Å². The maximum Gasteiger partial charge on any atom is 0.288 e. The van der Waals surface area contributed by atoms with Crippen molar-refractivity contribution in [3.63, 3.8) is 0 Å². The van der Waals surface area contributed by atoms with Gasteiger partial charge in [-0.3, -0.25) is 4.79 Å². The number of carbonyl (C=O) groups is 1. The summed E-state index contributed by atoms with van der Waals surface area (Å²) in [6, 6.07) is 10.8. The van der Waals surface area contributed by atoms with Crippen LogP contribution in [0.2, 0.25) is 0 Å². The Morgan fingerprint density at radius 3 is 2.66 bits per heavy atom. The molecule has 148 valence electrons. The molecule has 0 radical (unpaired) electrons. The predicted molar refractivity (Wildman–Crippen MR) is 106 cm³/mol. The van der Waals surface area contributed by atoms with Crippen LogP contribution in [0.1, 0.15) is 33.5 Å². The van der Waals surface area contributed by atoms with Crippen molar-refractivity contribution in [3.8, 4) is 5.75 Å². The molecule has 2 aromatic heterocycles. The van der Waals surface area contributed by atoms with Crippen LogP contribution < -0.4 is 10.1 Å². The molecule has 0 spiro atoms. The van der Waals surface area contributed by atoms with Gasteiger partial charge in [0.05, 0.1) is 7.11 Å². The number of fused-ring (bicyclic) bond motifs is 1. The molecule has 0 aliphatic heterocycles. The first kappa shape index (κ1) is 18.7. The van der Waals surface area contributed by atoms with E-state index in [2.05, 4.69) is 10.3 Å². The summed E-state index contributed by atoms with van der Waals surface area (Å²) < 4.78 is 26.3. The second-order valence-electron chi connectivity index (χ2n) is 6.77. The monoisotopic (exact) mass is 393 g/mol. The van der Waals surface area contributed by atoms with E-state index in [1.165, 1.54) is 12.1 Å². The largest absolute Gasteiger partial charge is 0.497 e. The van der Waals surface area contributed by atoms with Crippen molar-refractivity contribution < 1.29 is 18.3 Å². The Balaban J connectivity index is 1.72. The molecule has 0 bridgehead atoms. The van der Waals surface area contributed by atoms with Crippen LogP contribution in [0.4, 0.5) is 4.39 Å². The maximum absolute atomic E-state index is 13.4. The maximum atomic E-state index is 13.4. The topological polar surface area (TPSA) is 69.3 Å². The van der Waals surface area contributed by atoms with E-state index in [0.717, 1.165) is 10.9 Å². The van der Waals surface area contributed by atoms with Crippen molar-refractivity contribution in [1.29, 1.82) is 0 Å². The second kappa shape index (κ2) is 7.43. The Morgan fingerprint density at radius 1 is 1.24 bits per heavy atom. The number of rotatable bonds is 5. The number of nitrogens with zero attached hydrogens (tertiary/aromatic N) is 2. The zero-order chi connectivity index (χ0) is 20.5. The summed E-state index contributed by atoms with van der Waals surface area (Å²) in [5, 5.41) is 3.81. The number of furan rings is 1. The van der Waals surface area contributed by atoms with Gasteiger partial charge in [-0.25, -0.2) is 9.37 Å². The number of nitrogens with one attached hydrogen (secondary N) is 1. The molecule has 4 aromatic rings. The number of amides is 1. The minimum absolute atomic E-state index is 0.217. The Hall–Kier alpha value is -3.61. The normalized spacial score (nSPS) is 12.1. The van der Waals surface area contributed by atoms with Crippen molar-refractivity contribution in [1.82, 2.24) is 14.9 Å². The third-order valence-electron chi connectivity index (χ3n) is 4.95. The molecule has 0 saturated carbocycles. The van der Waals surface area contributed by atoms with Crippen LogP contribution in [0.25, 0.3) is 11.0 Å². The van der Waals surface area contributed by atoms with Crippen LogP contribution in [0.5, 0.6) is 5.75 Å². The van der Waals surface area contributed by atoms with E-state index in [1.807, 2.05) is 30.7 Å². The fourth-order valence-electron chi connectivity index (χ4n) is 3.35. The number of aryl methyl sites for hydroxylation is 2. The molecule has 0 aliphatic carbocycles. The number of ether oxygens (including phenoxy) is 1. The first-order chi connectivity index (χ1) is 14.0. The second-order valence-corrected chi connectivity index (χ2v) is 6.77. The van der Waals surface area contributed by atoms with Crippen molar-refractivity contribution in [2.24, 2.45) is 7.05 Å². The Kier molecular flexibility index (Phi) is 4.80. The van der Waals surface area contributed by atoms with Gasteiger partial charge in [-0.05, 0) is 36.8 Å². The molecule has 1 unspecified atom stereocenters. The van der Waals surface area contributed by atoms with Crippen molar-refractivity contribution in [3.05, 3.63) is 83.4 Å². The highest BCUT2D eigenvalue weighted by atomic mass is 19.1. The number of carbonyl (C=O) groups excluding carboxylic acids is 1. The van der Waals surface area contributed by atoms with Gasteiger partial charge in [0.25, 0.3) is 5.91 Å². The number of hydrogen-bond acceptors (Lipinski definition) is 4. The van der Waals surface area contributed by atoms with E-state index >= 15 is 0 Å². The summed E-state index contributed by atoms with van der Waals surface area (Å²) in [4.78, 5) is 17.5. The quantitative estimate of drug-likeness (QED) is 0.553. The number of imidazole rings is 1. The zero-order valence-electron chi connectivity index (χ0n) is 16.3. The molecule has 1 N–H and O–H groups in total. The molecule has 2 heterocycles. The van der Waals surface area contributed by atoms with E-state index in [0.29, 0.717) is 22.7 Å². The van der Waals surface area contributed by atoms with Gasteiger partial charge in [0.15, 0.2) is 5.76 Å². The fraction of sp³-hybridized carbons (Fsp3) is 0.182. The minimum atomic E-state index is -0.565. The van der Waals surface area contributed by atoms with E-state index < -0.39 is 6.04 Å². The highest BCUT2D eigenvalue weighted by Gasteiger charge is 2.25. The summed E-state index contributed by atoms with van der Waals surface area (Å²) in [5.41, 5.74) is 2.02. The number of methoxy groups -OCH3 is 1. The Morgan fingerprint density at radius 2 is 2.00 bits per heavy atom. The Labute approximate surface area is 166 Å². The highest BCUT2D eigenvalue weighted by molar-refractivity contribution is 5.99.